The van der Waals surface area contributed by atoms with Crippen LogP contribution in [0.4, 0.5) is 0 Å². The molecule has 0 unspecified atom stereocenters. The molecular formula is C19H24N3+. The molecule has 3 nitrogen and oxygen atoms in total. The summed E-state index contributed by atoms with van der Waals surface area (Å²) in [6.45, 7) is 7.95. The van der Waals surface area contributed by atoms with Gasteiger partial charge in [-0.3, -0.25) is 0 Å². The van der Waals surface area contributed by atoms with Gasteiger partial charge in [-0.15, -0.1) is 0 Å². The normalized spacial score (nSPS) is 20.3. The topological polar surface area (TPSA) is 30.0 Å². The van der Waals surface area contributed by atoms with E-state index >= 15 is 0 Å². The maximum Gasteiger partial charge on any atom is 0.168 e. The minimum atomic E-state index is 0.126. The van der Waals surface area contributed by atoms with E-state index in [2.05, 4.69) is 53.8 Å². The lowest BCUT2D eigenvalue weighted by molar-refractivity contribution is -0.612. The molecule has 0 bridgehead atoms. The van der Waals surface area contributed by atoms with E-state index in [-0.39, 0.29) is 5.54 Å². The fourth-order valence-corrected chi connectivity index (χ4v) is 3.35. The highest BCUT2D eigenvalue weighted by Gasteiger charge is 2.35. The van der Waals surface area contributed by atoms with Gasteiger partial charge in [0.05, 0.1) is 18.1 Å². The van der Waals surface area contributed by atoms with Gasteiger partial charge in [-0.05, 0) is 25.0 Å². The molecule has 1 aromatic rings. The Kier molecular flexibility index (Phi) is 4.02. The van der Waals surface area contributed by atoms with Crippen LogP contribution in [0, 0.1) is 11.3 Å². The van der Waals surface area contributed by atoms with Crippen LogP contribution in [0.15, 0.2) is 36.0 Å². The monoisotopic (exact) mass is 294 g/mol. The van der Waals surface area contributed by atoms with Gasteiger partial charge in [-0.2, -0.15) is 5.26 Å². The van der Waals surface area contributed by atoms with Crippen LogP contribution in [0.1, 0.15) is 44.2 Å². The van der Waals surface area contributed by atoms with Gasteiger partial charge in [0.15, 0.2) is 18.3 Å². The van der Waals surface area contributed by atoms with Crippen LogP contribution in [0.25, 0.3) is 0 Å². The minimum Gasteiger partial charge on any atom is -0.374 e. The molecule has 3 heteroatoms. The summed E-state index contributed by atoms with van der Waals surface area (Å²) in [5, 5.41) is 8.89. The number of likely N-dealkylation sites (tertiary alicyclic amines) is 1. The summed E-state index contributed by atoms with van der Waals surface area (Å²) in [6.07, 6.45) is 8.29. The first-order valence-electron chi connectivity index (χ1n) is 8.13. The van der Waals surface area contributed by atoms with Gasteiger partial charge in [0.25, 0.3) is 0 Å². The van der Waals surface area contributed by atoms with E-state index in [9.17, 15) is 0 Å². The highest BCUT2D eigenvalue weighted by Crippen LogP contribution is 2.28. The van der Waals surface area contributed by atoms with Crippen molar-refractivity contribution in [3.8, 4) is 6.07 Å². The number of nitrogens with zero attached hydrogens (tertiary/aromatic N) is 3. The van der Waals surface area contributed by atoms with Gasteiger partial charge in [-0.1, -0.05) is 12.1 Å². The third kappa shape index (κ3) is 3.06. The van der Waals surface area contributed by atoms with Gasteiger partial charge in [0.1, 0.15) is 0 Å². The molecule has 0 amide bonds. The summed E-state index contributed by atoms with van der Waals surface area (Å²) in [7, 11) is 0. The largest absolute Gasteiger partial charge is 0.374 e. The van der Waals surface area contributed by atoms with Crippen LogP contribution in [-0.4, -0.2) is 34.3 Å². The number of hydrogen-bond donors (Lipinski definition) is 0. The Morgan fingerprint density at radius 3 is 2.45 bits per heavy atom. The molecule has 2 aliphatic rings. The van der Waals surface area contributed by atoms with Gasteiger partial charge in [0, 0.05) is 44.3 Å². The van der Waals surface area contributed by atoms with Crippen LogP contribution < -0.4 is 0 Å². The standard InChI is InChI=1S/C19H24N3/c1-19(2)13-18(21-10-3-4-11-21)9-12-22(19)15-17-7-5-16(14-20)6-8-17/h5-9,12H,3-4,10-11,13,15H2,1-2H3/q+1. The molecule has 0 saturated carbocycles. The maximum atomic E-state index is 8.89. The number of allylic oxidation sites excluding steroid dienone is 1. The van der Waals surface area contributed by atoms with E-state index in [4.69, 9.17) is 5.26 Å². The third-order valence-corrected chi connectivity index (χ3v) is 4.79. The second-order valence-corrected chi connectivity index (χ2v) is 6.93. The molecule has 3 rings (SSSR count). The molecule has 1 saturated heterocycles. The Morgan fingerprint density at radius 1 is 1.18 bits per heavy atom. The van der Waals surface area contributed by atoms with Gasteiger partial charge >= 0.3 is 0 Å². The summed E-state index contributed by atoms with van der Waals surface area (Å²) in [5.74, 6) is 0. The molecule has 2 aliphatic heterocycles. The van der Waals surface area contributed by atoms with Crippen molar-refractivity contribution in [1.82, 2.24) is 4.90 Å². The highest BCUT2D eigenvalue weighted by atomic mass is 15.2. The number of nitriles is 1. The molecule has 0 N–H and O–H groups in total. The van der Waals surface area contributed by atoms with E-state index < -0.39 is 0 Å². The van der Waals surface area contributed by atoms with E-state index in [1.807, 2.05) is 12.1 Å². The molecular weight excluding hydrogens is 270 g/mol. The lowest BCUT2D eigenvalue weighted by Gasteiger charge is -2.31. The van der Waals surface area contributed by atoms with Gasteiger partial charge in [0.2, 0.25) is 0 Å². The molecule has 22 heavy (non-hydrogen) atoms. The first kappa shape index (κ1) is 14.8. The smallest absolute Gasteiger partial charge is 0.168 e. The van der Waals surface area contributed by atoms with Crippen molar-refractivity contribution < 1.29 is 4.58 Å². The van der Waals surface area contributed by atoms with Crippen LogP contribution in [0.2, 0.25) is 0 Å². The van der Waals surface area contributed by atoms with Crippen LogP contribution in [-0.2, 0) is 6.54 Å². The molecule has 0 aliphatic carbocycles. The molecule has 2 heterocycles. The summed E-state index contributed by atoms with van der Waals surface area (Å²) in [4.78, 5) is 2.54. The minimum absolute atomic E-state index is 0.126. The Labute approximate surface area is 133 Å². The predicted octanol–water partition coefficient (Wildman–Crippen LogP) is 3.30. The van der Waals surface area contributed by atoms with E-state index in [0.29, 0.717) is 0 Å². The molecule has 1 aromatic carbocycles. The molecule has 1 fully saturated rings. The highest BCUT2D eigenvalue weighted by molar-refractivity contribution is 5.68. The lowest BCUT2D eigenvalue weighted by atomic mass is 9.93. The van der Waals surface area contributed by atoms with E-state index in [0.717, 1.165) is 18.5 Å². The van der Waals surface area contributed by atoms with Crippen molar-refractivity contribution in [3.05, 3.63) is 47.2 Å². The fraction of sp³-hybridized carbons (Fsp3) is 0.474. The zero-order valence-electron chi connectivity index (χ0n) is 13.5. The van der Waals surface area contributed by atoms with E-state index in [1.165, 1.54) is 37.2 Å². The van der Waals surface area contributed by atoms with Crippen molar-refractivity contribution in [3.63, 3.8) is 0 Å². The Hall–Kier alpha value is -2.08. The zero-order valence-corrected chi connectivity index (χ0v) is 13.5. The molecule has 114 valence electrons. The maximum absolute atomic E-state index is 8.89. The van der Waals surface area contributed by atoms with Crippen LogP contribution in [0.5, 0.6) is 0 Å². The first-order valence-corrected chi connectivity index (χ1v) is 8.13. The van der Waals surface area contributed by atoms with E-state index in [1.54, 1.807) is 0 Å². The third-order valence-electron chi connectivity index (χ3n) is 4.79. The van der Waals surface area contributed by atoms with Gasteiger partial charge in [-0.25, -0.2) is 4.58 Å². The fourth-order valence-electron chi connectivity index (χ4n) is 3.35. The second-order valence-electron chi connectivity index (χ2n) is 6.93. The van der Waals surface area contributed by atoms with Crippen molar-refractivity contribution in [1.29, 1.82) is 5.26 Å². The lowest BCUT2D eigenvalue weighted by Crippen LogP contribution is -2.41. The second kappa shape index (κ2) is 5.96. The summed E-state index contributed by atoms with van der Waals surface area (Å²) < 4.78 is 2.41. The zero-order chi connectivity index (χ0) is 15.6. The molecule has 0 radical (unpaired) electrons. The van der Waals surface area contributed by atoms with Crippen LogP contribution >= 0.6 is 0 Å². The Balaban J connectivity index is 1.78. The summed E-state index contributed by atoms with van der Waals surface area (Å²) >= 11 is 0. The van der Waals surface area contributed by atoms with Crippen molar-refractivity contribution in [2.75, 3.05) is 13.1 Å². The SMILES string of the molecule is CC1(C)CC(N2CCCC2)=CC=[N+]1Cc1ccc(C#N)cc1. The summed E-state index contributed by atoms with van der Waals surface area (Å²) in [6, 6.07) is 10.1. The summed E-state index contributed by atoms with van der Waals surface area (Å²) in [5.41, 5.74) is 3.59. The molecule has 0 spiro atoms. The Bertz CT molecular complexity index is 638. The quantitative estimate of drug-likeness (QED) is 0.801. The molecule has 0 aromatic heterocycles. The molecule has 0 atom stereocenters. The average Bonchev–Trinajstić information content (AvgIpc) is 3.04. The number of benzene rings is 1. The van der Waals surface area contributed by atoms with Crippen molar-refractivity contribution in [2.24, 2.45) is 0 Å². The Morgan fingerprint density at radius 2 is 1.86 bits per heavy atom. The first-order chi connectivity index (χ1) is 10.6. The number of hydrogen-bond acceptors (Lipinski definition) is 2. The van der Waals surface area contributed by atoms with Crippen molar-refractivity contribution in [2.45, 2.75) is 45.2 Å². The predicted molar refractivity (Wildman–Crippen MR) is 88.8 cm³/mol. The number of rotatable bonds is 3. The van der Waals surface area contributed by atoms with Gasteiger partial charge < -0.3 is 4.90 Å². The van der Waals surface area contributed by atoms with Crippen LogP contribution in [0.3, 0.4) is 0 Å². The van der Waals surface area contributed by atoms with Crippen molar-refractivity contribution >= 4 is 6.21 Å². The average molecular weight is 294 g/mol.